The summed E-state index contributed by atoms with van der Waals surface area (Å²) in [6.07, 6.45) is 5.32. The minimum atomic E-state index is 0.338. The highest BCUT2D eigenvalue weighted by Gasteiger charge is 2.38. The highest BCUT2D eigenvalue weighted by molar-refractivity contribution is 4.97. The van der Waals surface area contributed by atoms with Gasteiger partial charge >= 0.3 is 0 Å². The second-order valence-electron chi connectivity index (χ2n) is 6.16. The Kier molecular flexibility index (Phi) is 7.33. The van der Waals surface area contributed by atoms with Crippen LogP contribution in [0, 0.1) is 0 Å². The molecule has 1 rings (SSSR count). The average Bonchev–Trinajstić information content (AvgIpc) is 2.40. The highest BCUT2D eigenvalue weighted by Crippen LogP contribution is 2.27. The summed E-state index contributed by atoms with van der Waals surface area (Å²) in [7, 11) is 0. The minimum absolute atomic E-state index is 0.338. The van der Waals surface area contributed by atoms with E-state index >= 15 is 0 Å². The Balaban J connectivity index is 2.59. The van der Waals surface area contributed by atoms with Crippen LogP contribution in [-0.4, -0.2) is 48.8 Å². The molecule has 1 atom stereocenters. The molecule has 1 heterocycles. The van der Waals surface area contributed by atoms with Crippen LogP contribution in [0.5, 0.6) is 0 Å². The number of ether oxygens (including phenoxy) is 1. The standard InChI is InChI=1S/C16H34N2O/c1-6-9-15-12-18(10-11-19-14(4)5)16(7-2,8-3)13-17-15/h14-15,17H,6-13H2,1-5H3. The van der Waals surface area contributed by atoms with Crippen LogP contribution in [0.25, 0.3) is 0 Å². The van der Waals surface area contributed by atoms with Gasteiger partial charge in [0.15, 0.2) is 0 Å². The molecule has 0 aliphatic carbocycles. The van der Waals surface area contributed by atoms with Crippen LogP contribution < -0.4 is 5.32 Å². The van der Waals surface area contributed by atoms with Crippen molar-refractivity contribution < 1.29 is 4.74 Å². The van der Waals surface area contributed by atoms with Gasteiger partial charge < -0.3 is 10.1 Å². The van der Waals surface area contributed by atoms with Gasteiger partial charge in [0.25, 0.3) is 0 Å². The maximum Gasteiger partial charge on any atom is 0.0597 e. The predicted octanol–water partition coefficient (Wildman–Crippen LogP) is 3.04. The van der Waals surface area contributed by atoms with Crippen molar-refractivity contribution in [1.29, 1.82) is 0 Å². The molecule has 3 heteroatoms. The third-order valence-corrected chi connectivity index (χ3v) is 4.60. The molecule has 0 saturated carbocycles. The second kappa shape index (κ2) is 8.23. The minimum Gasteiger partial charge on any atom is -0.377 e. The molecule has 1 aliphatic rings. The number of nitrogens with one attached hydrogen (secondary N) is 1. The second-order valence-corrected chi connectivity index (χ2v) is 6.16. The van der Waals surface area contributed by atoms with Crippen LogP contribution in [0.4, 0.5) is 0 Å². The number of hydrogen-bond donors (Lipinski definition) is 1. The molecule has 0 amide bonds. The van der Waals surface area contributed by atoms with Gasteiger partial charge in [-0.3, -0.25) is 4.90 Å². The maximum absolute atomic E-state index is 5.76. The summed E-state index contributed by atoms with van der Waals surface area (Å²) in [5, 5.41) is 3.76. The Morgan fingerprint density at radius 2 is 1.95 bits per heavy atom. The Labute approximate surface area is 120 Å². The van der Waals surface area contributed by atoms with Crippen LogP contribution in [-0.2, 0) is 4.74 Å². The molecule has 1 N–H and O–H groups in total. The first-order valence-electron chi connectivity index (χ1n) is 8.18. The monoisotopic (exact) mass is 270 g/mol. The van der Waals surface area contributed by atoms with Gasteiger partial charge in [0.1, 0.15) is 0 Å². The van der Waals surface area contributed by atoms with Crippen molar-refractivity contribution in [1.82, 2.24) is 10.2 Å². The third kappa shape index (κ3) is 4.73. The molecule has 114 valence electrons. The predicted molar refractivity (Wildman–Crippen MR) is 82.7 cm³/mol. The molecule has 0 aromatic carbocycles. The van der Waals surface area contributed by atoms with Crippen molar-refractivity contribution in [2.45, 2.75) is 78.0 Å². The van der Waals surface area contributed by atoms with Gasteiger partial charge in [-0.05, 0) is 33.1 Å². The zero-order valence-electron chi connectivity index (χ0n) is 13.7. The van der Waals surface area contributed by atoms with Gasteiger partial charge in [-0.25, -0.2) is 0 Å². The van der Waals surface area contributed by atoms with Crippen LogP contribution >= 0.6 is 0 Å². The van der Waals surface area contributed by atoms with E-state index in [1.165, 1.54) is 32.2 Å². The van der Waals surface area contributed by atoms with Gasteiger partial charge in [0, 0.05) is 31.2 Å². The Bertz CT molecular complexity index is 239. The van der Waals surface area contributed by atoms with Crippen molar-refractivity contribution in [3.05, 3.63) is 0 Å². The van der Waals surface area contributed by atoms with Crippen molar-refractivity contribution in [2.24, 2.45) is 0 Å². The summed E-state index contributed by atoms with van der Waals surface area (Å²) < 4.78 is 5.76. The lowest BCUT2D eigenvalue weighted by molar-refractivity contribution is -0.00852. The molecular formula is C16H34N2O. The fourth-order valence-corrected chi connectivity index (χ4v) is 3.19. The molecule has 1 unspecified atom stereocenters. The van der Waals surface area contributed by atoms with Gasteiger partial charge in [-0.2, -0.15) is 0 Å². The lowest BCUT2D eigenvalue weighted by Crippen LogP contribution is -2.64. The van der Waals surface area contributed by atoms with Crippen LogP contribution in [0.2, 0.25) is 0 Å². The largest absolute Gasteiger partial charge is 0.377 e. The van der Waals surface area contributed by atoms with Crippen LogP contribution in [0.15, 0.2) is 0 Å². The van der Waals surface area contributed by atoms with E-state index in [0.717, 1.165) is 19.7 Å². The lowest BCUT2D eigenvalue weighted by Gasteiger charge is -2.50. The van der Waals surface area contributed by atoms with Gasteiger partial charge in [-0.15, -0.1) is 0 Å². The molecule has 0 radical (unpaired) electrons. The molecule has 1 fully saturated rings. The molecule has 1 aliphatic heterocycles. The summed E-state index contributed by atoms with van der Waals surface area (Å²) in [6.45, 7) is 15.4. The fourth-order valence-electron chi connectivity index (χ4n) is 3.19. The fraction of sp³-hybridized carbons (Fsp3) is 1.00. The smallest absolute Gasteiger partial charge is 0.0597 e. The average molecular weight is 270 g/mol. The van der Waals surface area contributed by atoms with E-state index in [9.17, 15) is 0 Å². The molecule has 0 aromatic heterocycles. The zero-order chi connectivity index (χ0) is 14.3. The number of nitrogens with zero attached hydrogens (tertiary/aromatic N) is 1. The topological polar surface area (TPSA) is 24.5 Å². The van der Waals surface area contributed by atoms with Crippen molar-refractivity contribution in [3.8, 4) is 0 Å². The lowest BCUT2D eigenvalue weighted by atomic mass is 9.86. The Morgan fingerprint density at radius 3 is 2.47 bits per heavy atom. The van der Waals surface area contributed by atoms with E-state index in [4.69, 9.17) is 4.74 Å². The van der Waals surface area contributed by atoms with E-state index in [1.54, 1.807) is 0 Å². The van der Waals surface area contributed by atoms with Crippen molar-refractivity contribution >= 4 is 0 Å². The molecule has 0 aromatic rings. The van der Waals surface area contributed by atoms with Crippen molar-refractivity contribution in [2.75, 3.05) is 26.2 Å². The van der Waals surface area contributed by atoms with Crippen LogP contribution in [0.3, 0.4) is 0 Å². The third-order valence-electron chi connectivity index (χ3n) is 4.60. The zero-order valence-corrected chi connectivity index (χ0v) is 13.7. The molecule has 3 nitrogen and oxygen atoms in total. The SMILES string of the molecule is CCCC1CN(CCOC(C)C)C(CC)(CC)CN1. The summed E-state index contributed by atoms with van der Waals surface area (Å²) in [5.41, 5.74) is 0.338. The Morgan fingerprint density at radius 1 is 1.26 bits per heavy atom. The summed E-state index contributed by atoms with van der Waals surface area (Å²) in [4.78, 5) is 2.69. The van der Waals surface area contributed by atoms with Gasteiger partial charge in [0.2, 0.25) is 0 Å². The van der Waals surface area contributed by atoms with Crippen LogP contribution in [0.1, 0.15) is 60.3 Å². The van der Waals surface area contributed by atoms with E-state index in [1.807, 2.05) is 0 Å². The maximum atomic E-state index is 5.76. The molecule has 19 heavy (non-hydrogen) atoms. The number of rotatable bonds is 8. The Hall–Kier alpha value is -0.120. The van der Waals surface area contributed by atoms with Gasteiger partial charge in [0.05, 0.1) is 12.7 Å². The van der Waals surface area contributed by atoms with E-state index in [2.05, 4.69) is 44.8 Å². The summed E-state index contributed by atoms with van der Waals surface area (Å²) >= 11 is 0. The molecule has 0 spiro atoms. The highest BCUT2D eigenvalue weighted by atomic mass is 16.5. The quantitative estimate of drug-likeness (QED) is 0.733. The molecule has 0 bridgehead atoms. The van der Waals surface area contributed by atoms with E-state index < -0.39 is 0 Å². The first-order chi connectivity index (χ1) is 9.07. The van der Waals surface area contributed by atoms with Crippen molar-refractivity contribution in [3.63, 3.8) is 0 Å². The number of piperazine rings is 1. The summed E-state index contributed by atoms with van der Waals surface area (Å²) in [5.74, 6) is 0. The summed E-state index contributed by atoms with van der Waals surface area (Å²) in [6, 6.07) is 0.662. The van der Waals surface area contributed by atoms with E-state index in [0.29, 0.717) is 17.7 Å². The van der Waals surface area contributed by atoms with E-state index in [-0.39, 0.29) is 0 Å². The molecular weight excluding hydrogens is 236 g/mol. The number of hydrogen-bond acceptors (Lipinski definition) is 3. The normalized spacial score (nSPS) is 24.0. The first-order valence-corrected chi connectivity index (χ1v) is 8.18. The van der Waals surface area contributed by atoms with Gasteiger partial charge in [-0.1, -0.05) is 27.2 Å². The molecule has 1 saturated heterocycles. The first kappa shape index (κ1) is 16.9.